The molecule has 0 saturated heterocycles. The molecule has 2 aliphatic rings. The van der Waals surface area contributed by atoms with Gasteiger partial charge in [0.1, 0.15) is 18.9 Å². The molecule has 3 heterocycles. The van der Waals surface area contributed by atoms with Crippen LogP contribution in [0.15, 0.2) is 23.0 Å². The molecule has 1 aromatic carbocycles. The second-order valence-corrected chi connectivity index (χ2v) is 7.57. The lowest BCUT2D eigenvalue weighted by Gasteiger charge is -2.31. The normalized spacial score (nSPS) is 15.0. The first-order valence-electron chi connectivity index (χ1n) is 9.64. The summed E-state index contributed by atoms with van der Waals surface area (Å²) in [5, 5.41) is 10.4. The van der Waals surface area contributed by atoms with E-state index in [-0.39, 0.29) is 23.7 Å². The number of fused-ring (bicyclic) bond motifs is 2. The van der Waals surface area contributed by atoms with Gasteiger partial charge in [0.25, 0.3) is 17.4 Å². The molecule has 9 heteroatoms. The van der Waals surface area contributed by atoms with Crippen LogP contribution in [-0.4, -0.2) is 65.1 Å². The number of aromatic hydroxyl groups is 1. The number of carbonyl (C=O) groups is 2. The van der Waals surface area contributed by atoms with Crippen molar-refractivity contribution < 1.29 is 24.2 Å². The smallest absolute Gasteiger partial charge is 0.293 e. The van der Waals surface area contributed by atoms with E-state index in [1.807, 2.05) is 12.1 Å². The molecular weight excluding hydrogens is 390 g/mol. The zero-order valence-electron chi connectivity index (χ0n) is 17.1. The fourth-order valence-electron chi connectivity index (χ4n) is 3.85. The average Bonchev–Trinajstić information content (AvgIpc) is 2.73. The molecule has 30 heavy (non-hydrogen) atoms. The van der Waals surface area contributed by atoms with Gasteiger partial charge in [0, 0.05) is 39.8 Å². The monoisotopic (exact) mass is 413 g/mol. The summed E-state index contributed by atoms with van der Waals surface area (Å²) in [6, 6.07) is 5.47. The molecule has 0 fully saturated rings. The number of carbonyl (C=O) groups excluding carboxylic acids is 2. The van der Waals surface area contributed by atoms with Gasteiger partial charge in [0.05, 0.1) is 5.56 Å². The molecule has 0 spiro atoms. The number of benzene rings is 1. The quantitative estimate of drug-likeness (QED) is 0.797. The molecule has 158 valence electrons. The molecule has 2 aromatic rings. The van der Waals surface area contributed by atoms with Gasteiger partial charge in [0.2, 0.25) is 0 Å². The van der Waals surface area contributed by atoms with Gasteiger partial charge in [-0.05, 0) is 24.1 Å². The van der Waals surface area contributed by atoms with Gasteiger partial charge in [-0.1, -0.05) is 6.07 Å². The number of hydrogen-bond donors (Lipinski definition) is 1. The van der Waals surface area contributed by atoms with Gasteiger partial charge < -0.3 is 28.9 Å². The van der Waals surface area contributed by atoms with Gasteiger partial charge in [-0.3, -0.25) is 14.4 Å². The maximum absolute atomic E-state index is 13.2. The van der Waals surface area contributed by atoms with Crippen LogP contribution < -0.4 is 15.0 Å². The van der Waals surface area contributed by atoms with Crippen LogP contribution in [0.1, 0.15) is 32.0 Å². The third kappa shape index (κ3) is 3.16. The highest BCUT2D eigenvalue weighted by Crippen LogP contribution is 2.33. The Morgan fingerprint density at radius 2 is 1.87 bits per heavy atom. The summed E-state index contributed by atoms with van der Waals surface area (Å²) in [6.07, 6.45) is 0.349. The predicted octanol–water partition coefficient (Wildman–Crippen LogP) is 0.762. The number of nitrogens with zero attached hydrogens (tertiary/aromatic N) is 3. The number of aromatic nitrogens is 1. The van der Waals surface area contributed by atoms with Crippen molar-refractivity contribution in [3.8, 4) is 17.2 Å². The van der Waals surface area contributed by atoms with Crippen molar-refractivity contribution in [3.63, 3.8) is 0 Å². The summed E-state index contributed by atoms with van der Waals surface area (Å²) in [7, 11) is 4.57. The van der Waals surface area contributed by atoms with Crippen molar-refractivity contribution in [2.45, 2.75) is 13.0 Å². The van der Waals surface area contributed by atoms with Crippen molar-refractivity contribution in [3.05, 3.63) is 50.9 Å². The molecule has 0 unspecified atom stereocenters. The SMILES string of the molecule is CN(C)C(=O)c1c2c(c(O)c(=O)n1C)C(=O)N(Cc1ccc3c(c1)OCCO3)CC2. The van der Waals surface area contributed by atoms with E-state index in [1.165, 1.54) is 11.9 Å². The third-order valence-electron chi connectivity index (χ3n) is 5.39. The molecular formula is C21H23N3O6. The Bertz CT molecular complexity index is 1100. The van der Waals surface area contributed by atoms with E-state index >= 15 is 0 Å². The number of amides is 2. The molecule has 0 radical (unpaired) electrons. The molecule has 2 aliphatic heterocycles. The molecule has 0 saturated carbocycles. The van der Waals surface area contributed by atoms with E-state index in [1.54, 1.807) is 25.1 Å². The fourth-order valence-corrected chi connectivity index (χ4v) is 3.85. The number of hydrogen-bond acceptors (Lipinski definition) is 6. The van der Waals surface area contributed by atoms with Gasteiger partial charge in [0.15, 0.2) is 17.2 Å². The Labute approximate surface area is 173 Å². The maximum atomic E-state index is 13.2. The van der Waals surface area contributed by atoms with Crippen molar-refractivity contribution in [1.82, 2.24) is 14.4 Å². The molecule has 2 amide bonds. The minimum Gasteiger partial charge on any atom is -0.502 e. The van der Waals surface area contributed by atoms with E-state index in [0.717, 1.165) is 10.1 Å². The Morgan fingerprint density at radius 3 is 2.57 bits per heavy atom. The Hall–Kier alpha value is -3.49. The molecule has 9 nitrogen and oxygen atoms in total. The van der Waals surface area contributed by atoms with E-state index < -0.39 is 17.2 Å². The second kappa shape index (κ2) is 7.40. The standard InChI is InChI=1S/C21H23N3O6/c1-22(2)20(27)17-13-6-7-24(19(26)16(13)18(25)21(28)23(17)3)11-12-4-5-14-15(10-12)30-9-8-29-14/h4-5,10,25H,6-9,11H2,1-3H3. The van der Waals surface area contributed by atoms with E-state index in [0.29, 0.717) is 43.2 Å². The summed E-state index contributed by atoms with van der Waals surface area (Å²) >= 11 is 0. The highest BCUT2D eigenvalue weighted by Gasteiger charge is 2.34. The molecule has 0 atom stereocenters. The highest BCUT2D eigenvalue weighted by molar-refractivity contribution is 6.03. The van der Waals surface area contributed by atoms with Crippen LogP contribution in [0.4, 0.5) is 0 Å². The predicted molar refractivity (Wildman–Crippen MR) is 107 cm³/mol. The number of rotatable bonds is 3. The zero-order chi connectivity index (χ0) is 21.6. The van der Waals surface area contributed by atoms with Gasteiger partial charge >= 0.3 is 0 Å². The summed E-state index contributed by atoms with van der Waals surface area (Å²) in [5.41, 5.74) is 0.506. The summed E-state index contributed by atoms with van der Waals surface area (Å²) in [5.74, 6) is -0.208. The van der Waals surface area contributed by atoms with Crippen LogP contribution in [0.25, 0.3) is 0 Å². The molecule has 1 N–H and O–H groups in total. The second-order valence-electron chi connectivity index (χ2n) is 7.57. The first-order chi connectivity index (χ1) is 14.3. The molecule has 0 bridgehead atoms. The topological polar surface area (TPSA) is 101 Å². The van der Waals surface area contributed by atoms with Crippen LogP contribution in [0.5, 0.6) is 17.2 Å². The Morgan fingerprint density at radius 1 is 1.17 bits per heavy atom. The molecule has 0 aliphatic carbocycles. The van der Waals surface area contributed by atoms with Crippen molar-refractivity contribution in [1.29, 1.82) is 0 Å². The lowest BCUT2D eigenvalue weighted by Crippen LogP contribution is -2.42. The largest absolute Gasteiger partial charge is 0.502 e. The average molecular weight is 413 g/mol. The number of pyridine rings is 1. The summed E-state index contributed by atoms with van der Waals surface area (Å²) in [4.78, 5) is 41.2. The van der Waals surface area contributed by atoms with Crippen LogP contribution in [0.2, 0.25) is 0 Å². The summed E-state index contributed by atoms with van der Waals surface area (Å²) < 4.78 is 12.2. The van der Waals surface area contributed by atoms with Crippen LogP contribution in [0, 0.1) is 0 Å². The van der Waals surface area contributed by atoms with Crippen LogP contribution >= 0.6 is 0 Å². The Kier molecular flexibility index (Phi) is 4.89. The van der Waals surface area contributed by atoms with Gasteiger partial charge in [-0.2, -0.15) is 0 Å². The van der Waals surface area contributed by atoms with Crippen molar-refractivity contribution in [2.75, 3.05) is 33.9 Å². The Balaban J connectivity index is 1.70. The lowest BCUT2D eigenvalue weighted by atomic mass is 9.95. The van der Waals surface area contributed by atoms with E-state index in [2.05, 4.69) is 0 Å². The van der Waals surface area contributed by atoms with Crippen molar-refractivity contribution in [2.24, 2.45) is 7.05 Å². The minimum absolute atomic E-state index is 0.0907. The van der Waals surface area contributed by atoms with E-state index in [9.17, 15) is 19.5 Å². The highest BCUT2D eigenvalue weighted by atomic mass is 16.6. The van der Waals surface area contributed by atoms with Crippen LogP contribution in [0.3, 0.4) is 0 Å². The summed E-state index contributed by atoms with van der Waals surface area (Å²) in [6.45, 7) is 1.59. The maximum Gasteiger partial charge on any atom is 0.293 e. The lowest BCUT2D eigenvalue weighted by molar-refractivity contribution is 0.0719. The van der Waals surface area contributed by atoms with Gasteiger partial charge in [-0.25, -0.2) is 0 Å². The van der Waals surface area contributed by atoms with Gasteiger partial charge in [-0.15, -0.1) is 0 Å². The van der Waals surface area contributed by atoms with Crippen LogP contribution in [-0.2, 0) is 20.0 Å². The third-order valence-corrected chi connectivity index (χ3v) is 5.39. The number of ether oxygens (including phenoxy) is 2. The molecule has 4 rings (SSSR count). The fraction of sp³-hybridized carbons (Fsp3) is 0.381. The first kappa shape index (κ1) is 19.8. The first-order valence-corrected chi connectivity index (χ1v) is 9.64. The molecule has 1 aromatic heterocycles. The zero-order valence-corrected chi connectivity index (χ0v) is 17.1. The minimum atomic E-state index is -0.770. The van der Waals surface area contributed by atoms with E-state index in [4.69, 9.17) is 9.47 Å². The van der Waals surface area contributed by atoms with Crippen molar-refractivity contribution >= 4 is 11.8 Å².